The summed E-state index contributed by atoms with van der Waals surface area (Å²) in [4.78, 5) is 17.5. The zero-order valence-corrected chi connectivity index (χ0v) is 15.1. The van der Waals surface area contributed by atoms with E-state index in [2.05, 4.69) is 4.98 Å². The summed E-state index contributed by atoms with van der Waals surface area (Å²) in [6, 6.07) is 10.3. The SMILES string of the molecule is Cc1nc(Cc2cc3c(cc2C(=O)c2ccc(Cl)cc2)OCO3)oc1C. The molecule has 2 heterocycles. The fourth-order valence-corrected chi connectivity index (χ4v) is 3.00. The van der Waals surface area contributed by atoms with Crippen LogP contribution in [0.4, 0.5) is 0 Å². The Morgan fingerprint density at radius 3 is 2.46 bits per heavy atom. The van der Waals surface area contributed by atoms with Crippen LogP contribution in [0.5, 0.6) is 11.5 Å². The number of ketones is 1. The number of benzene rings is 2. The van der Waals surface area contributed by atoms with E-state index in [1.54, 1.807) is 30.3 Å². The predicted octanol–water partition coefficient (Wildman–Crippen LogP) is 4.50. The van der Waals surface area contributed by atoms with Gasteiger partial charge in [0.25, 0.3) is 0 Å². The first-order valence-corrected chi connectivity index (χ1v) is 8.55. The van der Waals surface area contributed by atoms with Crippen molar-refractivity contribution in [1.29, 1.82) is 0 Å². The highest BCUT2D eigenvalue weighted by atomic mass is 35.5. The summed E-state index contributed by atoms with van der Waals surface area (Å²) < 4.78 is 16.6. The molecule has 1 aliphatic heterocycles. The van der Waals surface area contributed by atoms with Crippen molar-refractivity contribution in [3.05, 3.63) is 75.5 Å². The average Bonchev–Trinajstić information content (AvgIpc) is 3.20. The number of halogens is 1. The molecule has 4 rings (SSSR count). The Morgan fingerprint density at radius 1 is 1.12 bits per heavy atom. The molecule has 0 fully saturated rings. The van der Waals surface area contributed by atoms with Gasteiger partial charge < -0.3 is 13.9 Å². The largest absolute Gasteiger partial charge is 0.454 e. The van der Waals surface area contributed by atoms with E-state index >= 15 is 0 Å². The van der Waals surface area contributed by atoms with Gasteiger partial charge in [-0.2, -0.15) is 0 Å². The lowest BCUT2D eigenvalue weighted by molar-refractivity contribution is 0.103. The molecule has 0 amide bonds. The number of aromatic nitrogens is 1. The highest BCUT2D eigenvalue weighted by Crippen LogP contribution is 2.36. The van der Waals surface area contributed by atoms with Crippen LogP contribution in [-0.2, 0) is 6.42 Å². The maximum absolute atomic E-state index is 13.1. The van der Waals surface area contributed by atoms with Crippen LogP contribution >= 0.6 is 11.6 Å². The normalized spacial score (nSPS) is 12.4. The molecule has 0 bridgehead atoms. The van der Waals surface area contributed by atoms with Crippen molar-refractivity contribution in [2.45, 2.75) is 20.3 Å². The van der Waals surface area contributed by atoms with E-state index in [-0.39, 0.29) is 12.6 Å². The minimum absolute atomic E-state index is 0.116. The van der Waals surface area contributed by atoms with Crippen molar-refractivity contribution in [2.75, 3.05) is 6.79 Å². The van der Waals surface area contributed by atoms with Crippen LogP contribution in [0.3, 0.4) is 0 Å². The van der Waals surface area contributed by atoms with Gasteiger partial charge in [0.05, 0.1) is 12.1 Å². The van der Waals surface area contributed by atoms with Gasteiger partial charge in [0.2, 0.25) is 6.79 Å². The highest BCUT2D eigenvalue weighted by molar-refractivity contribution is 6.30. The maximum atomic E-state index is 13.1. The van der Waals surface area contributed by atoms with E-state index in [0.29, 0.717) is 40.0 Å². The molecule has 1 aliphatic rings. The van der Waals surface area contributed by atoms with E-state index in [9.17, 15) is 4.79 Å². The third-order valence-corrected chi connectivity index (χ3v) is 4.62. The molecule has 0 radical (unpaired) electrons. The molecule has 0 saturated carbocycles. The fourth-order valence-electron chi connectivity index (χ4n) is 2.88. The van der Waals surface area contributed by atoms with E-state index < -0.39 is 0 Å². The topological polar surface area (TPSA) is 61.6 Å². The Kier molecular flexibility index (Phi) is 4.17. The Labute approximate surface area is 155 Å². The molecule has 0 saturated heterocycles. The number of aryl methyl sites for hydroxylation is 2. The number of carbonyl (C=O) groups is 1. The van der Waals surface area contributed by atoms with E-state index in [1.807, 2.05) is 19.9 Å². The van der Waals surface area contributed by atoms with Gasteiger partial charge in [-0.05, 0) is 55.8 Å². The van der Waals surface area contributed by atoms with Crippen molar-refractivity contribution in [1.82, 2.24) is 4.98 Å². The number of carbonyl (C=O) groups excluding carboxylic acids is 1. The smallest absolute Gasteiger partial charge is 0.231 e. The van der Waals surface area contributed by atoms with Crippen molar-refractivity contribution >= 4 is 17.4 Å². The number of ether oxygens (including phenoxy) is 2. The molecule has 0 spiro atoms. The van der Waals surface area contributed by atoms with Gasteiger partial charge in [0, 0.05) is 16.1 Å². The first-order valence-electron chi connectivity index (χ1n) is 8.17. The zero-order chi connectivity index (χ0) is 18.3. The summed E-state index contributed by atoms with van der Waals surface area (Å²) in [5.41, 5.74) is 2.70. The average molecular weight is 370 g/mol. The summed E-state index contributed by atoms with van der Waals surface area (Å²) in [6.45, 7) is 3.90. The Morgan fingerprint density at radius 2 is 1.81 bits per heavy atom. The summed E-state index contributed by atoms with van der Waals surface area (Å²) in [7, 11) is 0. The summed E-state index contributed by atoms with van der Waals surface area (Å²) in [6.07, 6.45) is 0.389. The molecule has 0 unspecified atom stereocenters. The number of hydrogen-bond acceptors (Lipinski definition) is 5. The second-order valence-corrected chi connectivity index (χ2v) is 6.56. The summed E-state index contributed by atoms with van der Waals surface area (Å²) in [5.74, 6) is 2.39. The zero-order valence-electron chi connectivity index (χ0n) is 14.3. The standard InChI is InChI=1S/C20H16ClNO4/c1-11-12(2)26-19(22-11)8-14-7-17-18(25-10-24-17)9-16(14)20(23)13-3-5-15(21)6-4-13/h3-7,9H,8,10H2,1-2H3. The number of fused-ring (bicyclic) bond motifs is 1. The van der Waals surface area contributed by atoms with Crippen molar-refractivity contribution in [3.8, 4) is 11.5 Å². The Bertz CT molecular complexity index is 972. The second kappa shape index (κ2) is 6.50. The van der Waals surface area contributed by atoms with Crippen LogP contribution in [0.1, 0.15) is 38.8 Å². The summed E-state index contributed by atoms with van der Waals surface area (Å²) >= 11 is 5.93. The van der Waals surface area contributed by atoms with Gasteiger partial charge in [-0.15, -0.1) is 0 Å². The van der Waals surface area contributed by atoms with Gasteiger partial charge in [-0.1, -0.05) is 11.6 Å². The number of rotatable bonds is 4. The minimum atomic E-state index is -0.116. The molecule has 3 aromatic rings. The lowest BCUT2D eigenvalue weighted by Crippen LogP contribution is -2.06. The number of hydrogen-bond donors (Lipinski definition) is 0. The number of nitrogens with zero attached hydrogens (tertiary/aromatic N) is 1. The van der Waals surface area contributed by atoms with Gasteiger partial charge in [-0.3, -0.25) is 4.79 Å². The molecular formula is C20H16ClNO4. The van der Waals surface area contributed by atoms with Crippen LogP contribution < -0.4 is 9.47 Å². The fraction of sp³-hybridized carbons (Fsp3) is 0.200. The molecule has 6 heteroatoms. The lowest BCUT2D eigenvalue weighted by Gasteiger charge is -2.09. The molecule has 132 valence electrons. The van der Waals surface area contributed by atoms with E-state index in [0.717, 1.165) is 17.0 Å². The van der Waals surface area contributed by atoms with Crippen LogP contribution in [0.25, 0.3) is 0 Å². The van der Waals surface area contributed by atoms with Gasteiger partial charge in [0.15, 0.2) is 23.2 Å². The van der Waals surface area contributed by atoms with Crippen molar-refractivity contribution in [2.24, 2.45) is 0 Å². The quantitative estimate of drug-likeness (QED) is 0.634. The maximum Gasteiger partial charge on any atom is 0.231 e. The third-order valence-electron chi connectivity index (χ3n) is 4.36. The van der Waals surface area contributed by atoms with E-state index in [1.165, 1.54) is 0 Å². The second-order valence-electron chi connectivity index (χ2n) is 6.12. The first kappa shape index (κ1) is 16.7. The van der Waals surface area contributed by atoms with Crippen LogP contribution in [0, 0.1) is 13.8 Å². The molecule has 0 N–H and O–H groups in total. The number of oxazole rings is 1. The molecule has 2 aromatic carbocycles. The molecule has 5 nitrogen and oxygen atoms in total. The third kappa shape index (κ3) is 3.06. The lowest BCUT2D eigenvalue weighted by atomic mass is 9.96. The highest BCUT2D eigenvalue weighted by Gasteiger charge is 2.23. The minimum Gasteiger partial charge on any atom is -0.454 e. The molecule has 0 atom stereocenters. The van der Waals surface area contributed by atoms with E-state index in [4.69, 9.17) is 25.5 Å². The van der Waals surface area contributed by atoms with Crippen LogP contribution in [-0.4, -0.2) is 17.6 Å². The predicted molar refractivity (Wildman–Crippen MR) is 96.2 cm³/mol. The van der Waals surface area contributed by atoms with Crippen molar-refractivity contribution < 1.29 is 18.7 Å². The van der Waals surface area contributed by atoms with Crippen LogP contribution in [0.15, 0.2) is 40.8 Å². The molecule has 1 aromatic heterocycles. The van der Waals surface area contributed by atoms with Crippen molar-refractivity contribution in [3.63, 3.8) is 0 Å². The summed E-state index contributed by atoms with van der Waals surface area (Å²) in [5, 5.41) is 0.582. The van der Waals surface area contributed by atoms with Gasteiger partial charge in [-0.25, -0.2) is 4.98 Å². The molecule has 26 heavy (non-hydrogen) atoms. The van der Waals surface area contributed by atoms with Crippen LogP contribution in [0.2, 0.25) is 5.02 Å². The van der Waals surface area contributed by atoms with Gasteiger partial charge in [0.1, 0.15) is 5.76 Å². The molecule has 0 aliphatic carbocycles. The monoisotopic (exact) mass is 369 g/mol. The Balaban J connectivity index is 1.76. The van der Waals surface area contributed by atoms with Gasteiger partial charge >= 0.3 is 0 Å². The Hall–Kier alpha value is -2.79. The molecular weight excluding hydrogens is 354 g/mol. The first-order chi connectivity index (χ1) is 12.5.